The number of ether oxygens (including phenoxy) is 1. The lowest BCUT2D eigenvalue weighted by Crippen LogP contribution is -2.51. The van der Waals surface area contributed by atoms with E-state index >= 15 is 0 Å². The highest BCUT2D eigenvalue weighted by Gasteiger charge is 2.35. The van der Waals surface area contributed by atoms with Crippen molar-refractivity contribution in [2.45, 2.75) is 24.8 Å². The molecule has 1 aliphatic rings. The van der Waals surface area contributed by atoms with Crippen LogP contribution in [0.15, 0.2) is 41.3 Å². The highest BCUT2D eigenvalue weighted by molar-refractivity contribution is 7.90. The number of hydrogen-bond acceptors (Lipinski definition) is 6. The first-order valence-electron chi connectivity index (χ1n) is 9.57. The number of carbonyl (C=O) groups excluding carboxylic acids is 2. The summed E-state index contributed by atoms with van der Waals surface area (Å²) in [4.78, 5) is 38.9. The Kier molecular flexibility index (Phi) is 6.13. The van der Waals surface area contributed by atoms with Crippen molar-refractivity contribution < 1.29 is 32.6 Å². The van der Waals surface area contributed by atoms with E-state index in [1.165, 1.54) is 37.1 Å². The fraction of sp³-hybridized carbons (Fsp3) is 0.286. The van der Waals surface area contributed by atoms with Crippen LogP contribution in [-0.2, 0) is 19.4 Å². The predicted molar refractivity (Wildman–Crippen MR) is 119 cm³/mol. The number of amides is 3. The molecule has 0 saturated heterocycles. The number of sulfone groups is 1. The highest BCUT2D eigenvalue weighted by Crippen LogP contribution is 2.43. The molecule has 0 saturated carbocycles. The molecule has 1 aliphatic heterocycles. The van der Waals surface area contributed by atoms with Crippen LogP contribution in [0.4, 0.5) is 26.7 Å². The molecular formula is C21H23N3O7S. The van der Waals surface area contributed by atoms with E-state index in [2.05, 4.69) is 5.32 Å². The first kappa shape index (κ1) is 23.1. The number of hydrogen-bond donors (Lipinski definition) is 2. The van der Waals surface area contributed by atoms with Crippen LogP contribution >= 0.6 is 0 Å². The Balaban J connectivity index is 2.26. The third-order valence-electron chi connectivity index (χ3n) is 5.14. The van der Waals surface area contributed by atoms with Crippen molar-refractivity contribution in [3.05, 3.63) is 36.4 Å². The molecule has 1 atom stereocenters. The molecule has 10 nitrogen and oxygen atoms in total. The Morgan fingerprint density at radius 2 is 1.75 bits per heavy atom. The second-order valence-corrected chi connectivity index (χ2v) is 9.45. The number of methoxy groups -OCH3 is 1. The summed E-state index contributed by atoms with van der Waals surface area (Å²) >= 11 is 0. The van der Waals surface area contributed by atoms with Crippen LogP contribution in [0.3, 0.4) is 0 Å². The van der Waals surface area contributed by atoms with Crippen molar-refractivity contribution in [2.75, 3.05) is 35.0 Å². The monoisotopic (exact) mass is 461 g/mol. The van der Waals surface area contributed by atoms with E-state index in [0.717, 1.165) is 11.2 Å². The minimum atomic E-state index is -3.41. The normalized spacial score (nSPS) is 15.7. The molecule has 1 heterocycles. The maximum Gasteiger partial charge on any atom is 0.411 e. The van der Waals surface area contributed by atoms with Gasteiger partial charge in [-0.25, -0.2) is 18.0 Å². The minimum Gasteiger partial charge on any atom is -0.465 e. The van der Waals surface area contributed by atoms with Gasteiger partial charge >= 0.3 is 12.2 Å². The van der Waals surface area contributed by atoms with E-state index in [4.69, 9.17) is 4.74 Å². The van der Waals surface area contributed by atoms with E-state index in [1.54, 1.807) is 25.1 Å². The number of benzene rings is 2. The molecule has 3 amide bonds. The van der Waals surface area contributed by atoms with Crippen molar-refractivity contribution in [3.8, 4) is 11.1 Å². The molecule has 0 radical (unpaired) electrons. The summed E-state index contributed by atoms with van der Waals surface area (Å²) in [5.74, 6) is -0.280. The molecule has 170 valence electrons. The zero-order chi connectivity index (χ0) is 23.8. The van der Waals surface area contributed by atoms with Crippen molar-refractivity contribution >= 4 is 45.0 Å². The first-order valence-corrected chi connectivity index (χ1v) is 11.5. The van der Waals surface area contributed by atoms with Crippen LogP contribution < -0.4 is 15.1 Å². The number of nitrogens with zero attached hydrogens (tertiary/aromatic N) is 2. The van der Waals surface area contributed by atoms with Crippen molar-refractivity contribution in [1.29, 1.82) is 0 Å². The van der Waals surface area contributed by atoms with Gasteiger partial charge in [0.15, 0.2) is 9.84 Å². The van der Waals surface area contributed by atoms with Crippen molar-refractivity contribution in [2.24, 2.45) is 0 Å². The number of carbonyl (C=O) groups is 3. The Morgan fingerprint density at radius 1 is 1.12 bits per heavy atom. The maximum absolute atomic E-state index is 12.3. The molecule has 3 rings (SSSR count). The number of anilines is 3. The zero-order valence-electron chi connectivity index (χ0n) is 17.9. The molecule has 0 spiro atoms. The topological polar surface area (TPSA) is 133 Å². The Hall–Kier alpha value is -3.60. The Labute approximate surface area is 185 Å². The van der Waals surface area contributed by atoms with Gasteiger partial charge in [-0.2, -0.15) is 0 Å². The van der Waals surface area contributed by atoms with Crippen LogP contribution in [0.2, 0.25) is 0 Å². The SMILES string of the molecule is COC(=O)Nc1cc2c(cc1-c1ccc(S(C)(=O)=O)cc1)N(C(=O)O)C[C@H](C)N2C(C)=O. The van der Waals surface area contributed by atoms with Gasteiger partial charge in [0.25, 0.3) is 0 Å². The Bertz CT molecular complexity index is 1190. The molecular weight excluding hydrogens is 438 g/mol. The fourth-order valence-corrected chi connectivity index (χ4v) is 4.34. The van der Waals surface area contributed by atoms with E-state index < -0.39 is 28.1 Å². The van der Waals surface area contributed by atoms with Gasteiger partial charge in [-0.1, -0.05) is 12.1 Å². The molecule has 0 unspecified atom stereocenters. The van der Waals surface area contributed by atoms with Gasteiger partial charge in [0.2, 0.25) is 5.91 Å². The first-order chi connectivity index (χ1) is 14.9. The molecule has 11 heteroatoms. The van der Waals surface area contributed by atoms with Crippen LogP contribution in [0.25, 0.3) is 11.1 Å². The van der Waals surface area contributed by atoms with Crippen LogP contribution in [0.5, 0.6) is 0 Å². The minimum absolute atomic E-state index is 0.0676. The summed E-state index contributed by atoms with van der Waals surface area (Å²) in [6.45, 7) is 3.17. The van der Waals surface area contributed by atoms with E-state index in [-0.39, 0.29) is 28.7 Å². The second-order valence-electron chi connectivity index (χ2n) is 7.43. The van der Waals surface area contributed by atoms with Gasteiger partial charge in [-0.15, -0.1) is 0 Å². The third kappa shape index (κ3) is 4.37. The number of rotatable bonds is 3. The molecule has 32 heavy (non-hydrogen) atoms. The largest absolute Gasteiger partial charge is 0.465 e. The number of nitrogens with one attached hydrogen (secondary N) is 1. The van der Waals surface area contributed by atoms with Gasteiger partial charge in [-0.3, -0.25) is 15.0 Å². The average molecular weight is 461 g/mol. The van der Waals surface area contributed by atoms with Crippen LogP contribution in [-0.4, -0.2) is 57.6 Å². The van der Waals surface area contributed by atoms with Gasteiger partial charge in [0.05, 0.1) is 35.1 Å². The lowest BCUT2D eigenvalue weighted by atomic mass is 9.98. The standard InChI is InChI=1S/C21H23N3O7S/c1-12-11-23(21(27)28)18-9-16(14-5-7-15(8-6-14)32(4,29)30)17(22-20(26)31-3)10-19(18)24(12)13(2)25/h5-10,12H,11H2,1-4H3,(H,22,26)(H,27,28)/t12-/m0/s1. The van der Waals surface area contributed by atoms with Gasteiger partial charge in [-0.05, 0) is 36.8 Å². The van der Waals surface area contributed by atoms with E-state index in [1.807, 2.05) is 0 Å². The van der Waals surface area contributed by atoms with Crippen LogP contribution in [0, 0.1) is 0 Å². The summed E-state index contributed by atoms with van der Waals surface area (Å²) in [7, 11) is -2.21. The summed E-state index contributed by atoms with van der Waals surface area (Å²) < 4.78 is 28.3. The molecule has 0 fully saturated rings. The molecule has 2 N–H and O–H groups in total. The molecule has 0 aromatic heterocycles. The summed E-state index contributed by atoms with van der Waals surface area (Å²) in [5.41, 5.74) is 1.82. The average Bonchev–Trinajstić information content (AvgIpc) is 2.71. The lowest BCUT2D eigenvalue weighted by molar-refractivity contribution is -0.117. The molecule has 0 aliphatic carbocycles. The lowest BCUT2D eigenvalue weighted by Gasteiger charge is -2.40. The van der Waals surface area contributed by atoms with Crippen molar-refractivity contribution in [1.82, 2.24) is 0 Å². The second kappa shape index (κ2) is 8.50. The maximum atomic E-state index is 12.3. The summed E-state index contributed by atoms with van der Waals surface area (Å²) in [6, 6.07) is 8.59. The predicted octanol–water partition coefficient (Wildman–Crippen LogP) is 3.17. The molecule has 2 aromatic rings. The third-order valence-corrected chi connectivity index (χ3v) is 6.27. The fourth-order valence-electron chi connectivity index (χ4n) is 3.71. The van der Waals surface area contributed by atoms with E-state index in [0.29, 0.717) is 16.8 Å². The van der Waals surface area contributed by atoms with Gasteiger partial charge in [0.1, 0.15) is 0 Å². The number of carboxylic acid groups (broad SMARTS) is 1. The molecule has 2 aromatic carbocycles. The zero-order valence-corrected chi connectivity index (χ0v) is 18.8. The quantitative estimate of drug-likeness (QED) is 0.717. The van der Waals surface area contributed by atoms with Gasteiger partial charge in [0, 0.05) is 25.3 Å². The summed E-state index contributed by atoms with van der Waals surface area (Å²) in [6.07, 6.45) is -0.853. The van der Waals surface area contributed by atoms with Crippen molar-refractivity contribution in [3.63, 3.8) is 0 Å². The molecule has 0 bridgehead atoms. The smallest absolute Gasteiger partial charge is 0.411 e. The van der Waals surface area contributed by atoms with E-state index in [9.17, 15) is 27.9 Å². The highest BCUT2D eigenvalue weighted by atomic mass is 32.2. The number of fused-ring (bicyclic) bond motifs is 1. The Morgan fingerprint density at radius 3 is 2.25 bits per heavy atom. The van der Waals surface area contributed by atoms with Gasteiger partial charge < -0.3 is 14.7 Å². The summed E-state index contributed by atoms with van der Waals surface area (Å²) in [5, 5.41) is 12.3. The van der Waals surface area contributed by atoms with Crippen LogP contribution in [0.1, 0.15) is 13.8 Å².